The number of hydrogen-bond acceptors (Lipinski definition) is 7. The standard InChI is InChI=1S/C21H19NO4S2/c23-20(14-24-18-9-5-4-8-17(18)21-27-10-11-28-21)25-13-16-12-19(26-22-16)15-6-2-1-3-7-15/h1-9,12,21H,10-11,13-14H2. The Morgan fingerprint density at radius 2 is 1.82 bits per heavy atom. The summed E-state index contributed by atoms with van der Waals surface area (Å²) in [4.78, 5) is 12.1. The summed E-state index contributed by atoms with van der Waals surface area (Å²) in [5, 5.41) is 3.95. The normalized spacial score (nSPS) is 14.1. The summed E-state index contributed by atoms with van der Waals surface area (Å²) in [6.45, 7) is -0.0863. The Labute approximate surface area is 171 Å². The van der Waals surface area contributed by atoms with Gasteiger partial charge < -0.3 is 14.0 Å². The molecule has 0 bridgehead atoms. The highest BCUT2D eigenvalue weighted by molar-refractivity contribution is 8.19. The van der Waals surface area contributed by atoms with Gasteiger partial charge in [0.15, 0.2) is 12.4 Å². The molecular formula is C21H19NO4S2. The van der Waals surface area contributed by atoms with Crippen LogP contribution in [0.5, 0.6) is 5.75 Å². The summed E-state index contributed by atoms with van der Waals surface area (Å²) in [6, 6.07) is 19.3. The minimum atomic E-state index is -0.439. The number of rotatable bonds is 7. The van der Waals surface area contributed by atoms with Crippen molar-refractivity contribution in [1.82, 2.24) is 5.16 Å². The first kappa shape index (κ1) is 19.0. The van der Waals surface area contributed by atoms with E-state index in [0.717, 1.165) is 28.4 Å². The van der Waals surface area contributed by atoms with E-state index in [0.29, 0.717) is 16.0 Å². The first-order chi connectivity index (χ1) is 13.8. The second-order valence-corrected chi connectivity index (χ2v) is 8.83. The maximum atomic E-state index is 12.1. The van der Waals surface area contributed by atoms with Gasteiger partial charge >= 0.3 is 5.97 Å². The molecule has 0 saturated carbocycles. The molecule has 1 aliphatic heterocycles. The zero-order valence-electron chi connectivity index (χ0n) is 15.1. The van der Waals surface area contributed by atoms with Gasteiger partial charge in [-0.25, -0.2) is 4.79 Å². The van der Waals surface area contributed by atoms with Crippen LogP contribution < -0.4 is 4.74 Å². The maximum absolute atomic E-state index is 12.1. The second-order valence-electron chi connectivity index (χ2n) is 6.11. The number of aromatic nitrogens is 1. The van der Waals surface area contributed by atoms with Crippen molar-refractivity contribution in [3.63, 3.8) is 0 Å². The highest BCUT2D eigenvalue weighted by Crippen LogP contribution is 2.48. The molecule has 1 aliphatic rings. The second kappa shape index (κ2) is 9.21. The molecule has 4 rings (SSSR count). The van der Waals surface area contributed by atoms with Gasteiger partial charge in [-0.1, -0.05) is 53.7 Å². The zero-order chi connectivity index (χ0) is 19.2. The molecule has 0 atom stereocenters. The van der Waals surface area contributed by atoms with Gasteiger partial charge in [0, 0.05) is 28.7 Å². The van der Waals surface area contributed by atoms with Gasteiger partial charge in [0.2, 0.25) is 0 Å². The smallest absolute Gasteiger partial charge is 0.344 e. The van der Waals surface area contributed by atoms with Gasteiger partial charge in [0.05, 0.1) is 4.58 Å². The van der Waals surface area contributed by atoms with Crippen LogP contribution in [0.1, 0.15) is 15.8 Å². The van der Waals surface area contributed by atoms with Crippen molar-refractivity contribution in [3.05, 3.63) is 71.9 Å². The van der Waals surface area contributed by atoms with Crippen LogP contribution in [-0.4, -0.2) is 29.2 Å². The fourth-order valence-electron chi connectivity index (χ4n) is 2.80. The third kappa shape index (κ3) is 4.72. The predicted molar refractivity (Wildman–Crippen MR) is 111 cm³/mol. The monoisotopic (exact) mass is 413 g/mol. The van der Waals surface area contributed by atoms with Gasteiger partial charge in [0.1, 0.15) is 18.1 Å². The lowest BCUT2D eigenvalue weighted by Crippen LogP contribution is -2.15. The van der Waals surface area contributed by atoms with E-state index in [1.54, 1.807) is 6.07 Å². The molecular weight excluding hydrogens is 394 g/mol. The lowest BCUT2D eigenvalue weighted by Gasteiger charge is -2.14. The van der Waals surface area contributed by atoms with Gasteiger partial charge in [-0.2, -0.15) is 0 Å². The van der Waals surface area contributed by atoms with E-state index in [-0.39, 0.29) is 13.2 Å². The Kier molecular flexibility index (Phi) is 6.24. The van der Waals surface area contributed by atoms with Gasteiger partial charge in [-0.3, -0.25) is 0 Å². The Morgan fingerprint density at radius 1 is 1.07 bits per heavy atom. The molecule has 144 valence electrons. The molecule has 5 nitrogen and oxygen atoms in total. The number of esters is 1. The average molecular weight is 414 g/mol. The number of thioether (sulfide) groups is 2. The molecule has 0 unspecified atom stereocenters. The van der Waals surface area contributed by atoms with Crippen molar-refractivity contribution in [3.8, 4) is 17.1 Å². The maximum Gasteiger partial charge on any atom is 0.344 e. The molecule has 0 amide bonds. The molecule has 7 heteroatoms. The van der Waals surface area contributed by atoms with Crippen molar-refractivity contribution in [2.45, 2.75) is 11.2 Å². The van der Waals surface area contributed by atoms with Crippen LogP contribution in [0.3, 0.4) is 0 Å². The van der Waals surface area contributed by atoms with E-state index in [1.807, 2.05) is 72.1 Å². The molecule has 0 spiro atoms. The molecule has 2 aromatic carbocycles. The van der Waals surface area contributed by atoms with Crippen LogP contribution in [-0.2, 0) is 16.1 Å². The first-order valence-electron chi connectivity index (χ1n) is 8.91. The van der Waals surface area contributed by atoms with Gasteiger partial charge in [-0.05, 0) is 6.07 Å². The van der Waals surface area contributed by atoms with Crippen molar-refractivity contribution < 1.29 is 18.8 Å². The minimum absolute atomic E-state index is 0.0501. The molecule has 1 saturated heterocycles. The van der Waals surface area contributed by atoms with Crippen molar-refractivity contribution in [1.29, 1.82) is 0 Å². The third-order valence-electron chi connectivity index (χ3n) is 4.14. The van der Waals surface area contributed by atoms with E-state index >= 15 is 0 Å². The zero-order valence-corrected chi connectivity index (χ0v) is 16.7. The highest BCUT2D eigenvalue weighted by atomic mass is 32.2. The van der Waals surface area contributed by atoms with Crippen LogP contribution in [0, 0.1) is 0 Å². The fourth-order valence-corrected chi connectivity index (χ4v) is 5.70. The van der Waals surface area contributed by atoms with Gasteiger partial charge in [0.25, 0.3) is 0 Å². The van der Waals surface area contributed by atoms with Gasteiger partial charge in [-0.15, -0.1) is 23.5 Å². The predicted octanol–water partition coefficient (Wildman–Crippen LogP) is 4.94. The van der Waals surface area contributed by atoms with Crippen molar-refractivity contribution >= 4 is 29.5 Å². The molecule has 0 N–H and O–H groups in total. The topological polar surface area (TPSA) is 61.6 Å². The lowest BCUT2D eigenvalue weighted by atomic mass is 10.2. The number of hydrogen-bond donors (Lipinski definition) is 0. The number of carbonyl (C=O) groups excluding carboxylic acids is 1. The molecule has 0 aliphatic carbocycles. The Balaban J connectivity index is 1.29. The average Bonchev–Trinajstić information content (AvgIpc) is 3.44. The van der Waals surface area contributed by atoms with Crippen molar-refractivity contribution in [2.75, 3.05) is 18.1 Å². The molecule has 1 aromatic heterocycles. The van der Waals surface area contributed by atoms with E-state index < -0.39 is 5.97 Å². The Bertz CT molecular complexity index is 923. The summed E-state index contributed by atoms with van der Waals surface area (Å²) < 4.78 is 16.7. The third-order valence-corrected chi connectivity index (χ3v) is 7.21. The summed E-state index contributed by atoms with van der Waals surface area (Å²) in [7, 11) is 0. The van der Waals surface area contributed by atoms with Crippen molar-refractivity contribution in [2.24, 2.45) is 0 Å². The van der Waals surface area contributed by atoms with Crippen LogP contribution in [0.4, 0.5) is 0 Å². The van der Waals surface area contributed by atoms with E-state index in [1.165, 1.54) is 0 Å². The molecule has 3 aromatic rings. The summed E-state index contributed by atoms with van der Waals surface area (Å²) in [6.07, 6.45) is 0. The number of benzene rings is 2. The highest BCUT2D eigenvalue weighted by Gasteiger charge is 2.22. The number of nitrogens with zero attached hydrogens (tertiary/aromatic N) is 1. The first-order valence-corrected chi connectivity index (χ1v) is 11.0. The lowest BCUT2D eigenvalue weighted by molar-refractivity contribution is -0.147. The van der Waals surface area contributed by atoms with Crippen LogP contribution in [0.25, 0.3) is 11.3 Å². The molecule has 1 fully saturated rings. The van der Waals surface area contributed by atoms with Crippen LogP contribution >= 0.6 is 23.5 Å². The SMILES string of the molecule is O=C(COc1ccccc1C1SCCS1)OCc1cc(-c2ccccc2)on1. The quantitative estimate of drug-likeness (QED) is 0.508. The number of ether oxygens (including phenoxy) is 2. The molecule has 2 heterocycles. The fraction of sp³-hybridized carbons (Fsp3) is 0.238. The number of para-hydroxylation sites is 1. The molecule has 0 radical (unpaired) electrons. The van der Waals surface area contributed by atoms with Crippen LogP contribution in [0.15, 0.2) is 65.2 Å². The number of carbonyl (C=O) groups is 1. The summed E-state index contributed by atoms with van der Waals surface area (Å²) in [5.41, 5.74) is 2.60. The largest absolute Gasteiger partial charge is 0.482 e. The van der Waals surface area contributed by atoms with E-state index in [2.05, 4.69) is 11.2 Å². The minimum Gasteiger partial charge on any atom is -0.482 e. The van der Waals surface area contributed by atoms with Crippen LogP contribution in [0.2, 0.25) is 0 Å². The summed E-state index contributed by atoms with van der Waals surface area (Å²) in [5.74, 6) is 3.20. The Morgan fingerprint density at radius 3 is 2.64 bits per heavy atom. The Hall–Kier alpha value is -2.38. The molecule has 28 heavy (non-hydrogen) atoms. The summed E-state index contributed by atoms with van der Waals surface area (Å²) >= 11 is 3.80. The van der Waals surface area contributed by atoms with E-state index in [9.17, 15) is 4.79 Å². The van der Waals surface area contributed by atoms with E-state index in [4.69, 9.17) is 14.0 Å².